The van der Waals surface area contributed by atoms with E-state index < -0.39 is 34.0 Å². The first-order chi connectivity index (χ1) is 16.4. The number of hydrogen-bond acceptors (Lipinski definition) is 6. The van der Waals surface area contributed by atoms with E-state index in [0.29, 0.717) is 18.9 Å². The molecule has 0 unspecified atom stereocenters. The van der Waals surface area contributed by atoms with Crippen molar-refractivity contribution in [3.63, 3.8) is 0 Å². The van der Waals surface area contributed by atoms with E-state index >= 15 is 0 Å². The zero-order valence-electron chi connectivity index (χ0n) is 19.9. The number of carboxylic acids is 2. The van der Waals surface area contributed by atoms with E-state index in [9.17, 15) is 35.9 Å². The van der Waals surface area contributed by atoms with Crippen LogP contribution in [0.5, 0.6) is 0 Å². The van der Waals surface area contributed by atoms with Gasteiger partial charge >= 0.3 is 18.1 Å². The Kier molecular flexibility index (Phi) is 10.6. The van der Waals surface area contributed by atoms with Crippen LogP contribution >= 0.6 is 0 Å². The maximum absolute atomic E-state index is 13.0. The number of hydrogen-bond donors (Lipinski definition) is 3. The molecule has 0 atom stereocenters. The molecule has 36 heavy (non-hydrogen) atoms. The van der Waals surface area contributed by atoms with Gasteiger partial charge in [0.25, 0.3) is 10.0 Å². The first-order valence-corrected chi connectivity index (χ1v) is 12.0. The predicted molar refractivity (Wildman–Crippen MR) is 124 cm³/mol. The largest absolute Gasteiger partial charge is 0.490 e. The second-order valence-corrected chi connectivity index (χ2v) is 10.1. The number of benzene rings is 1. The average molecular weight is 538 g/mol. The maximum atomic E-state index is 13.0. The van der Waals surface area contributed by atoms with Crippen molar-refractivity contribution in [1.82, 2.24) is 4.98 Å². The van der Waals surface area contributed by atoms with Gasteiger partial charge in [0.2, 0.25) is 0 Å². The Bertz CT molecular complexity index is 1140. The topological polar surface area (TPSA) is 137 Å². The lowest BCUT2D eigenvalue weighted by Crippen LogP contribution is -2.33. The molecule has 0 saturated heterocycles. The number of aromatic nitrogens is 1. The van der Waals surface area contributed by atoms with E-state index in [0.717, 1.165) is 24.3 Å². The number of alkyl halides is 3. The quantitative estimate of drug-likeness (QED) is 0.399. The highest BCUT2D eigenvalue weighted by molar-refractivity contribution is 7.92. The van der Waals surface area contributed by atoms with Gasteiger partial charge in [-0.15, -0.1) is 0 Å². The van der Waals surface area contributed by atoms with Crippen molar-refractivity contribution >= 4 is 33.5 Å². The van der Waals surface area contributed by atoms with Crippen molar-refractivity contribution in [2.75, 3.05) is 22.7 Å². The Balaban J connectivity index is 0.000000809. The van der Waals surface area contributed by atoms with Gasteiger partial charge in [0.15, 0.2) is 0 Å². The van der Waals surface area contributed by atoms with Gasteiger partial charge < -0.3 is 15.1 Å². The summed E-state index contributed by atoms with van der Waals surface area (Å²) >= 11 is 0. The molecule has 1 heterocycles. The Morgan fingerprint density at radius 1 is 1.03 bits per heavy atom. The minimum atomic E-state index is -5.08. The number of nitrogens with one attached hydrogen (secondary N) is 1. The Hall–Kier alpha value is -3.42. The van der Waals surface area contributed by atoms with Gasteiger partial charge in [0.05, 0.1) is 16.8 Å². The van der Waals surface area contributed by atoms with Crippen molar-refractivity contribution in [2.45, 2.75) is 38.8 Å². The van der Waals surface area contributed by atoms with Crippen molar-refractivity contribution in [3.8, 4) is 0 Å². The molecule has 0 aliphatic rings. The summed E-state index contributed by atoms with van der Waals surface area (Å²) in [5, 5.41) is 16.8. The lowest BCUT2D eigenvalue weighted by molar-refractivity contribution is -0.192. The maximum Gasteiger partial charge on any atom is 0.490 e. The fourth-order valence-electron chi connectivity index (χ4n) is 2.88. The molecule has 2 rings (SSSR count). The molecule has 0 fully saturated rings. The van der Waals surface area contributed by atoms with Gasteiger partial charge in [-0.05, 0) is 42.2 Å². The number of nitrogens with zero attached hydrogens (tertiary/aromatic N) is 2. The van der Waals surface area contributed by atoms with E-state index in [4.69, 9.17) is 9.90 Å². The molecule has 1 aromatic carbocycles. The number of carbonyl (C=O) groups is 2. The minimum absolute atomic E-state index is 0.0181. The third-order valence-electron chi connectivity index (χ3n) is 4.19. The second-order valence-electron chi connectivity index (χ2n) is 8.46. The smallest absolute Gasteiger partial charge is 0.478 e. The third kappa shape index (κ3) is 9.68. The van der Waals surface area contributed by atoms with Crippen molar-refractivity contribution in [1.29, 1.82) is 0 Å². The molecule has 14 heteroatoms. The van der Waals surface area contributed by atoms with Crippen molar-refractivity contribution < 1.29 is 45.8 Å². The molecular formula is C22H27F4N3O6S. The third-order valence-corrected chi connectivity index (χ3v) is 5.58. The number of anilines is 2. The van der Waals surface area contributed by atoms with E-state index in [-0.39, 0.29) is 28.0 Å². The second kappa shape index (κ2) is 12.5. The molecule has 0 amide bonds. The molecular weight excluding hydrogens is 510 g/mol. The zero-order chi connectivity index (χ0) is 27.8. The molecule has 0 saturated carbocycles. The van der Waals surface area contributed by atoms with E-state index in [2.05, 4.69) is 9.71 Å². The Labute approximate surface area is 205 Å². The average Bonchev–Trinajstić information content (AvgIpc) is 2.72. The Morgan fingerprint density at radius 3 is 1.89 bits per heavy atom. The van der Waals surface area contributed by atoms with Crippen LogP contribution in [0, 0.1) is 17.7 Å². The fraction of sp³-hybridized carbons (Fsp3) is 0.409. The summed E-state index contributed by atoms with van der Waals surface area (Å²) < 4.78 is 72.1. The summed E-state index contributed by atoms with van der Waals surface area (Å²) in [6.45, 7) is 9.34. The van der Waals surface area contributed by atoms with Crippen LogP contribution in [-0.4, -0.2) is 54.8 Å². The number of aliphatic carboxylic acids is 1. The molecule has 0 radical (unpaired) electrons. The van der Waals surface area contributed by atoms with Crippen LogP contribution < -0.4 is 9.62 Å². The number of sulfonamides is 1. The minimum Gasteiger partial charge on any atom is -0.478 e. The lowest BCUT2D eigenvalue weighted by atomic mass is 10.1. The summed E-state index contributed by atoms with van der Waals surface area (Å²) in [5.41, 5.74) is -0.0740. The van der Waals surface area contributed by atoms with E-state index in [1.807, 2.05) is 32.6 Å². The first kappa shape index (κ1) is 30.6. The van der Waals surface area contributed by atoms with Gasteiger partial charge in [-0.2, -0.15) is 13.2 Å². The van der Waals surface area contributed by atoms with E-state index in [1.165, 1.54) is 12.3 Å². The summed E-state index contributed by atoms with van der Waals surface area (Å²) in [7, 11) is -4.01. The molecule has 0 spiro atoms. The van der Waals surface area contributed by atoms with Crippen LogP contribution in [0.1, 0.15) is 38.1 Å². The highest BCUT2D eigenvalue weighted by atomic mass is 32.2. The number of halogens is 4. The number of pyridine rings is 1. The lowest BCUT2D eigenvalue weighted by Gasteiger charge is -2.28. The summed E-state index contributed by atoms with van der Waals surface area (Å²) in [6, 6.07) is 5.58. The zero-order valence-corrected chi connectivity index (χ0v) is 20.7. The van der Waals surface area contributed by atoms with Crippen LogP contribution in [0.4, 0.5) is 29.1 Å². The molecule has 0 aliphatic heterocycles. The number of carboxylic acid groups (broad SMARTS) is 2. The highest BCUT2D eigenvalue weighted by Crippen LogP contribution is 2.25. The molecule has 200 valence electrons. The van der Waals surface area contributed by atoms with Crippen LogP contribution in [0.25, 0.3) is 0 Å². The van der Waals surface area contributed by atoms with Gasteiger partial charge in [0.1, 0.15) is 17.2 Å². The summed E-state index contributed by atoms with van der Waals surface area (Å²) in [4.78, 5) is 26.8. The van der Waals surface area contributed by atoms with Crippen LogP contribution in [0.15, 0.2) is 41.4 Å². The van der Waals surface area contributed by atoms with Crippen molar-refractivity contribution in [2.24, 2.45) is 11.8 Å². The van der Waals surface area contributed by atoms with Crippen molar-refractivity contribution in [3.05, 3.63) is 47.9 Å². The predicted octanol–water partition coefficient (Wildman–Crippen LogP) is 4.47. The highest BCUT2D eigenvalue weighted by Gasteiger charge is 2.38. The molecule has 9 nitrogen and oxygen atoms in total. The summed E-state index contributed by atoms with van der Waals surface area (Å²) in [5.74, 6) is -3.65. The monoisotopic (exact) mass is 537 g/mol. The van der Waals surface area contributed by atoms with Crippen LogP contribution in [-0.2, 0) is 14.8 Å². The molecule has 0 aliphatic carbocycles. The van der Waals surface area contributed by atoms with Gasteiger partial charge in [0, 0.05) is 13.1 Å². The van der Waals surface area contributed by atoms with Gasteiger partial charge in [-0.3, -0.25) is 4.72 Å². The van der Waals surface area contributed by atoms with E-state index in [1.54, 1.807) is 0 Å². The first-order valence-electron chi connectivity index (χ1n) is 10.5. The molecule has 2 aromatic rings. The van der Waals surface area contributed by atoms with Crippen LogP contribution in [0.2, 0.25) is 0 Å². The number of rotatable bonds is 9. The molecule has 1 aromatic heterocycles. The fourth-order valence-corrected chi connectivity index (χ4v) is 3.91. The number of aromatic carboxylic acids is 1. The molecule has 3 N–H and O–H groups in total. The SMILES string of the molecule is CC(C)CN(CC(C)C)c1ncc(NS(=O)(=O)c2ccc(F)cc2)cc1C(=O)O.O=C(O)C(F)(F)F. The van der Waals surface area contributed by atoms with Gasteiger partial charge in [-0.25, -0.2) is 27.4 Å². The Morgan fingerprint density at radius 2 is 1.50 bits per heavy atom. The van der Waals surface area contributed by atoms with Gasteiger partial charge in [-0.1, -0.05) is 27.7 Å². The van der Waals surface area contributed by atoms with Crippen LogP contribution in [0.3, 0.4) is 0 Å². The normalized spacial score (nSPS) is 11.6. The molecule has 0 bridgehead atoms. The standard InChI is InChI=1S/C20H26FN3O4S.C2HF3O2/c1-13(2)11-24(12-14(3)4)19-18(20(25)26)9-16(10-22-19)23-29(27,28)17-7-5-15(21)6-8-17;3-2(4,5)1(6)7/h5-10,13-14,23H,11-12H2,1-4H3,(H,25,26);(H,6,7). The summed E-state index contributed by atoms with van der Waals surface area (Å²) in [6.07, 6.45) is -3.80.